The fraction of sp³-hybridized carbons (Fsp3) is 0.241. The minimum Gasteiger partial charge on any atom is -0.462 e. The number of primary sulfonamides is 1. The van der Waals surface area contributed by atoms with Crippen molar-refractivity contribution in [3.8, 4) is 16.9 Å². The number of rotatable bonds is 10. The third-order valence-corrected chi connectivity index (χ3v) is 6.81. The Labute approximate surface area is 243 Å². The molecule has 0 aliphatic heterocycles. The molecule has 0 saturated heterocycles. The maximum absolute atomic E-state index is 13.1. The fourth-order valence-corrected chi connectivity index (χ4v) is 4.59. The Kier molecular flexibility index (Phi) is 10.8. The maximum Gasteiger partial charge on any atom is 0.415 e. The average molecular weight is 597 g/mol. The third kappa shape index (κ3) is 9.14. The number of nitrogens with two attached hydrogens (primary N) is 1. The molecule has 0 fully saturated rings. The van der Waals surface area contributed by atoms with E-state index in [0.29, 0.717) is 22.3 Å². The minimum absolute atomic E-state index is 0.0117. The summed E-state index contributed by atoms with van der Waals surface area (Å²) in [5.41, 5.74) is 2.08. The van der Waals surface area contributed by atoms with E-state index in [4.69, 9.17) is 20.0 Å². The summed E-state index contributed by atoms with van der Waals surface area (Å²) < 4.78 is 39.1. The number of amidine groups is 1. The number of esters is 1. The second kappa shape index (κ2) is 14.2. The first-order valence-electron chi connectivity index (χ1n) is 12.8. The standard InChI is InChI=1S/C29H32N4O8S/c1-19(2)33(18-21-7-6-8-23(17-21)27(30)32-28(35)40-16-15-39-20(3)34)29(36)41-24-13-11-22(12-14-24)25-9-4-5-10-26(25)42(31,37)38/h4-14,17,19H,15-16,18H2,1-3H3,(H2,30,32,35)(H2,31,37,38). The molecule has 0 unspecified atom stereocenters. The highest BCUT2D eigenvalue weighted by Crippen LogP contribution is 2.28. The third-order valence-electron chi connectivity index (χ3n) is 5.84. The number of hydrogen-bond acceptors (Lipinski definition) is 9. The Hall–Kier alpha value is -4.75. The Balaban J connectivity index is 1.65. The number of amides is 2. The van der Waals surface area contributed by atoms with E-state index in [1.165, 1.54) is 17.9 Å². The van der Waals surface area contributed by atoms with Crippen LogP contribution in [0.4, 0.5) is 9.59 Å². The van der Waals surface area contributed by atoms with Gasteiger partial charge < -0.3 is 19.1 Å². The van der Waals surface area contributed by atoms with Crippen molar-refractivity contribution in [3.05, 3.63) is 83.9 Å². The molecular formula is C29H32N4O8S. The van der Waals surface area contributed by atoms with Gasteiger partial charge >= 0.3 is 18.2 Å². The highest BCUT2D eigenvalue weighted by Gasteiger charge is 2.21. The van der Waals surface area contributed by atoms with E-state index in [1.807, 2.05) is 13.8 Å². The molecule has 13 heteroatoms. The molecular weight excluding hydrogens is 564 g/mol. The molecule has 3 aromatic carbocycles. The first-order valence-corrected chi connectivity index (χ1v) is 14.4. The number of ether oxygens (including phenoxy) is 3. The van der Waals surface area contributed by atoms with Crippen LogP contribution in [-0.4, -0.2) is 56.6 Å². The number of nitrogens with one attached hydrogen (secondary N) is 2. The number of alkyl carbamates (subject to hydrolysis) is 1. The predicted molar refractivity (Wildman–Crippen MR) is 154 cm³/mol. The van der Waals surface area contributed by atoms with E-state index >= 15 is 0 Å². The number of nitrogens with zero attached hydrogens (tertiary/aromatic N) is 1. The van der Waals surface area contributed by atoms with Crippen LogP contribution in [0.1, 0.15) is 31.9 Å². The van der Waals surface area contributed by atoms with E-state index in [2.05, 4.69) is 10.1 Å². The molecule has 0 saturated carbocycles. The van der Waals surface area contributed by atoms with Gasteiger partial charge in [0.1, 0.15) is 24.8 Å². The monoisotopic (exact) mass is 596 g/mol. The summed E-state index contributed by atoms with van der Waals surface area (Å²) in [6, 6.07) is 19.2. The van der Waals surface area contributed by atoms with Crippen LogP contribution < -0.4 is 15.2 Å². The lowest BCUT2D eigenvalue weighted by Gasteiger charge is -2.26. The lowest BCUT2D eigenvalue weighted by atomic mass is 10.1. The largest absolute Gasteiger partial charge is 0.462 e. The molecule has 4 N–H and O–H groups in total. The molecule has 0 aliphatic rings. The molecule has 2 amide bonds. The molecule has 42 heavy (non-hydrogen) atoms. The molecule has 0 bridgehead atoms. The second-order valence-corrected chi connectivity index (χ2v) is 10.9. The van der Waals surface area contributed by atoms with E-state index in [1.54, 1.807) is 66.7 Å². The van der Waals surface area contributed by atoms with Gasteiger partial charge in [0.15, 0.2) is 0 Å². The number of hydrogen-bond donors (Lipinski definition) is 3. The van der Waals surface area contributed by atoms with Gasteiger partial charge in [-0.25, -0.2) is 23.1 Å². The van der Waals surface area contributed by atoms with E-state index in [9.17, 15) is 22.8 Å². The predicted octanol–water partition coefficient (Wildman–Crippen LogP) is 4.03. The van der Waals surface area contributed by atoms with Gasteiger partial charge in [0.2, 0.25) is 10.0 Å². The normalized spacial score (nSPS) is 11.0. The lowest BCUT2D eigenvalue weighted by molar-refractivity contribution is -0.141. The van der Waals surface area contributed by atoms with Crippen LogP contribution in [0, 0.1) is 5.41 Å². The van der Waals surface area contributed by atoms with Gasteiger partial charge in [-0.05, 0) is 49.2 Å². The molecule has 3 aromatic rings. The summed E-state index contributed by atoms with van der Waals surface area (Å²) in [6.45, 7) is 4.80. The van der Waals surface area contributed by atoms with Crippen molar-refractivity contribution in [3.63, 3.8) is 0 Å². The molecule has 0 atom stereocenters. The summed E-state index contributed by atoms with van der Waals surface area (Å²) in [4.78, 5) is 37.3. The zero-order valence-corrected chi connectivity index (χ0v) is 24.1. The lowest BCUT2D eigenvalue weighted by Crippen LogP contribution is -2.38. The molecule has 0 spiro atoms. The average Bonchev–Trinajstić information content (AvgIpc) is 2.94. The molecule has 12 nitrogen and oxygen atoms in total. The van der Waals surface area contributed by atoms with Crippen LogP contribution in [0.5, 0.6) is 5.75 Å². The van der Waals surface area contributed by atoms with Gasteiger partial charge in [-0.2, -0.15) is 0 Å². The quantitative estimate of drug-likeness (QED) is 0.136. The van der Waals surface area contributed by atoms with Crippen molar-refractivity contribution < 1.29 is 37.0 Å². The van der Waals surface area contributed by atoms with Crippen LogP contribution in [0.2, 0.25) is 0 Å². The maximum atomic E-state index is 13.1. The first kappa shape index (κ1) is 31.8. The number of benzene rings is 3. The van der Waals surface area contributed by atoms with Crippen molar-refractivity contribution >= 4 is 34.0 Å². The van der Waals surface area contributed by atoms with Crippen LogP contribution in [0.3, 0.4) is 0 Å². The molecule has 0 aromatic heterocycles. The second-order valence-electron chi connectivity index (χ2n) is 9.33. The zero-order valence-electron chi connectivity index (χ0n) is 23.3. The summed E-state index contributed by atoms with van der Waals surface area (Å²) in [6.07, 6.45) is -1.48. The van der Waals surface area contributed by atoms with Gasteiger partial charge in [0.05, 0.1) is 4.90 Å². The molecule has 0 radical (unpaired) electrons. The van der Waals surface area contributed by atoms with Crippen molar-refractivity contribution in [2.24, 2.45) is 5.14 Å². The molecule has 0 heterocycles. The summed E-state index contributed by atoms with van der Waals surface area (Å²) in [7, 11) is -3.93. The van der Waals surface area contributed by atoms with Crippen molar-refractivity contribution in [1.82, 2.24) is 10.2 Å². The van der Waals surface area contributed by atoms with Crippen LogP contribution >= 0.6 is 0 Å². The Morgan fingerprint density at radius 2 is 1.62 bits per heavy atom. The smallest absolute Gasteiger partial charge is 0.415 e. The number of carbonyl (C=O) groups excluding carboxylic acids is 3. The van der Waals surface area contributed by atoms with Gasteiger partial charge in [0.25, 0.3) is 0 Å². The topological polar surface area (TPSA) is 178 Å². The van der Waals surface area contributed by atoms with Gasteiger partial charge in [-0.15, -0.1) is 0 Å². The Bertz CT molecular complexity index is 1560. The van der Waals surface area contributed by atoms with Gasteiger partial charge in [-0.3, -0.25) is 15.5 Å². The fourth-order valence-electron chi connectivity index (χ4n) is 3.83. The van der Waals surface area contributed by atoms with Crippen molar-refractivity contribution in [2.45, 2.75) is 38.3 Å². The van der Waals surface area contributed by atoms with E-state index < -0.39 is 28.2 Å². The van der Waals surface area contributed by atoms with E-state index in [-0.39, 0.29) is 42.3 Å². The minimum atomic E-state index is -3.93. The van der Waals surface area contributed by atoms with Crippen LogP contribution in [0.25, 0.3) is 11.1 Å². The van der Waals surface area contributed by atoms with Crippen LogP contribution in [-0.2, 0) is 30.8 Å². The molecule has 222 valence electrons. The molecule has 3 rings (SSSR count). The summed E-state index contributed by atoms with van der Waals surface area (Å²) in [5.74, 6) is -0.448. The summed E-state index contributed by atoms with van der Waals surface area (Å²) >= 11 is 0. The molecule has 0 aliphatic carbocycles. The van der Waals surface area contributed by atoms with Gasteiger partial charge in [0, 0.05) is 30.6 Å². The van der Waals surface area contributed by atoms with Crippen molar-refractivity contribution in [1.29, 1.82) is 5.41 Å². The zero-order chi connectivity index (χ0) is 30.9. The Morgan fingerprint density at radius 3 is 2.26 bits per heavy atom. The number of sulfonamides is 1. The van der Waals surface area contributed by atoms with E-state index in [0.717, 1.165) is 0 Å². The number of carbonyl (C=O) groups is 3. The van der Waals surface area contributed by atoms with Gasteiger partial charge in [-0.1, -0.05) is 48.5 Å². The highest BCUT2D eigenvalue weighted by molar-refractivity contribution is 7.89. The van der Waals surface area contributed by atoms with Crippen LogP contribution in [0.15, 0.2) is 77.7 Å². The Morgan fingerprint density at radius 1 is 0.952 bits per heavy atom. The highest BCUT2D eigenvalue weighted by atomic mass is 32.2. The summed E-state index contributed by atoms with van der Waals surface area (Å²) in [5, 5.41) is 15.8. The first-order chi connectivity index (χ1) is 19.8. The SMILES string of the molecule is CC(=O)OCCOC(=O)NC(=N)c1cccc(CN(C(=O)Oc2ccc(-c3ccccc3S(N)(=O)=O)cc2)C(C)C)c1. The van der Waals surface area contributed by atoms with Crippen molar-refractivity contribution in [2.75, 3.05) is 13.2 Å².